The van der Waals surface area contributed by atoms with Gasteiger partial charge in [-0.1, -0.05) is 54.2 Å². The molecule has 6 nitrogen and oxygen atoms in total. The maximum atomic E-state index is 14.6. The van der Waals surface area contributed by atoms with Gasteiger partial charge in [0.1, 0.15) is 11.6 Å². The maximum absolute atomic E-state index is 14.6. The molecule has 0 amide bonds. The molecule has 4 aromatic rings. The zero-order valence-corrected chi connectivity index (χ0v) is 16.2. The SMILES string of the molecule is O=[N+]([O-])c1ccc(CSc2nnc(-c3ccccc3)n2-c2ccc(F)cc2F)cc1. The van der Waals surface area contributed by atoms with Crippen molar-refractivity contribution in [3.05, 3.63) is 100 Å². The Balaban J connectivity index is 1.71. The molecule has 4 rings (SSSR count). The third-order valence-corrected chi connectivity index (χ3v) is 5.33. The summed E-state index contributed by atoms with van der Waals surface area (Å²) in [6.07, 6.45) is 0. The lowest BCUT2D eigenvalue weighted by Crippen LogP contribution is -2.03. The minimum atomic E-state index is -0.732. The lowest BCUT2D eigenvalue weighted by Gasteiger charge is -2.11. The van der Waals surface area contributed by atoms with E-state index < -0.39 is 16.6 Å². The van der Waals surface area contributed by atoms with Crippen LogP contribution in [0.1, 0.15) is 5.56 Å². The van der Waals surface area contributed by atoms with Crippen molar-refractivity contribution in [2.24, 2.45) is 0 Å². The number of nitro groups is 1. The second-order valence-corrected chi connectivity index (χ2v) is 7.26. The second kappa shape index (κ2) is 8.42. The Morgan fingerprint density at radius 2 is 1.70 bits per heavy atom. The average molecular weight is 424 g/mol. The zero-order valence-electron chi connectivity index (χ0n) is 15.4. The smallest absolute Gasteiger partial charge is 0.267 e. The molecule has 0 radical (unpaired) electrons. The van der Waals surface area contributed by atoms with E-state index in [9.17, 15) is 18.9 Å². The van der Waals surface area contributed by atoms with Gasteiger partial charge in [0.2, 0.25) is 0 Å². The first kappa shape index (κ1) is 19.7. The Kier molecular flexibility index (Phi) is 5.53. The van der Waals surface area contributed by atoms with Crippen molar-refractivity contribution in [2.75, 3.05) is 0 Å². The van der Waals surface area contributed by atoms with Gasteiger partial charge in [-0.3, -0.25) is 14.7 Å². The fourth-order valence-corrected chi connectivity index (χ4v) is 3.78. The quantitative estimate of drug-likeness (QED) is 0.235. The number of halogens is 2. The van der Waals surface area contributed by atoms with Crippen LogP contribution in [0.3, 0.4) is 0 Å². The summed E-state index contributed by atoms with van der Waals surface area (Å²) in [7, 11) is 0. The first-order valence-corrected chi connectivity index (χ1v) is 9.84. The Labute approximate surface area is 174 Å². The van der Waals surface area contributed by atoms with Gasteiger partial charge < -0.3 is 0 Å². The summed E-state index contributed by atoms with van der Waals surface area (Å²) in [4.78, 5) is 10.3. The second-order valence-electron chi connectivity index (χ2n) is 6.32. The average Bonchev–Trinajstić information content (AvgIpc) is 3.17. The van der Waals surface area contributed by atoms with Gasteiger partial charge in [-0.2, -0.15) is 0 Å². The van der Waals surface area contributed by atoms with E-state index in [-0.39, 0.29) is 11.4 Å². The summed E-state index contributed by atoms with van der Waals surface area (Å²) in [5, 5.41) is 19.6. The summed E-state index contributed by atoms with van der Waals surface area (Å²) in [6.45, 7) is 0. The molecule has 150 valence electrons. The van der Waals surface area contributed by atoms with Crippen LogP contribution in [0.15, 0.2) is 78.0 Å². The first-order chi connectivity index (χ1) is 14.5. The van der Waals surface area contributed by atoms with Gasteiger partial charge in [0, 0.05) is 29.5 Å². The Morgan fingerprint density at radius 3 is 2.37 bits per heavy atom. The largest absolute Gasteiger partial charge is 0.269 e. The molecule has 0 aliphatic carbocycles. The minimum absolute atomic E-state index is 0.00617. The predicted molar refractivity (Wildman–Crippen MR) is 109 cm³/mol. The highest BCUT2D eigenvalue weighted by Gasteiger charge is 2.19. The van der Waals surface area contributed by atoms with Crippen LogP contribution in [0.2, 0.25) is 0 Å². The molecule has 0 fully saturated rings. The van der Waals surface area contributed by atoms with E-state index in [1.54, 1.807) is 16.7 Å². The van der Waals surface area contributed by atoms with Crippen LogP contribution >= 0.6 is 11.8 Å². The predicted octanol–water partition coefficient (Wildman–Crippen LogP) is 5.41. The van der Waals surface area contributed by atoms with Gasteiger partial charge in [-0.25, -0.2) is 8.78 Å². The van der Waals surface area contributed by atoms with Gasteiger partial charge in [-0.15, -0.1) is 10.2 Å². The number of thioether (sulfide) groups is 1. The van der Waals surface area contributed by atoms with E-state index in [0.717, 1.165) is 17.2 Å². The van der Waals surface area contributed by atoms with Crippen LogP contribution < -0.4 is 0 Å². The number of non-ortho nitro benzene ring substituents is 1. The lowest BCUT2D eigenvalue weighted by molar-refractivity contribution is -0.384. The number of nitro benzene ring substituents is 1. The molecule has 0 bridgehead atoms. The molecule has 0 N–H and O–H groups in total. The zero-order chi connectivity index (χ0) is 21.1. The van der Waals surface area contributed by atoms with Crippen molar-refractivity contribution in [1.29, 1.82) is 0 Å². The van der Waals surface area contributed by atoms with Crippen molar-refractivity contribution in [3.8, 4) is 17.1 Å². The molecule has 9 heteroatoms. The molecule has 1 heterocycles. The van der Waals surface area contributed by atoms with Crippen LogP contribution in [-0.2, 0) is 5.75 Å². The third kappa shape index (κ3) is 4.06. The molecule has 0 aliphatic rings. The standard InChI is InChI=1S/C21H14F2N4O2S/c22-16-8-11-19(18(23)12-16)26-20(15-4-2-1-3-5-15)24-25-21(26)30-13-14-6-9-17(10-7-14)27(28)29/h1-12H,13H2. The molecular formula is C21H14F2N4O2S. The molecule has 0 atom stereocenters. The summed E-state index contributed by atoms with van der Waals surface area (Å²) < 4.78 is 29.6. The monoisotopic (exact) mass is 424 g/mol. The van der Waals surface area contributed by atoms with E-state index in [2.05, 4.69) is 10.2 Å². The van der Waals surface area contributed by atoms with Gasteiger partial charge in [0.05, 0.1) is 10.6 Å². The Morgan fingerprint density at radius 1 is 0.967 bits per heavy atom. The Bertz CT molecular complexity index is 1200. The number of hydrogen-bond acceptors (Lipinski definition) is 5. The highest BCUT2D eigenvalue weighted by Crippen LogP contribution is 2.31. The number of benzene rings is 3. The molecule has 3 aromatic carbocycles. The highest BCUT2D eigenvalue weighted by atomic mass is 32.2. The van der Waals surface area contributed by atoms with Crippen LogP contribution in [0.25, 0.3) is 17.1 Å². The Hall–Kier alpha value is -3.59. The molecule has 0 spiro atoms. The summed E-state index contributed by atoms with van der Waals surface area (Å²) in [5.74, 6) is -0.546. The van der Waals surface area contributed by atoms with Gasteiger partial charge in [0.25, 0.3) is 5.69 Å². The van der Waals surface area contributed by atoms with Crippen LogP contribution in [-0.4, -0.2) is 19.7 Å². The van der Waals surface area contributed by atoms with E-state index >= 15 is 0 Å². The van der Waals surface area contributed by atoms with Crippen LogP contribution in [0, 0.1) is 21.7 Å². The molecule has 0 unspecified atom stereocenters. The van der Waals surface area contributed by atoms with Crippen molar-refractivity contribution >= 4 is 17.4 Å². The number of rotatable bonds is 6. The summed E-state index contributed by atoms with van der Waals surface area (Å²) in [6, 6.07) is 18.7. The fraction of sp³-hybridized carbons (Fsp3) is 0.0476. The summed E-state index contributed by atoms with van der Waals surface area (Å²) in [5.41, 5.74) is 1.70. The molecular weight excluding hydrogens is 410 g/mol. The number of nitrogens with zero attached hydrogens (tertiary/aromatic N) is 4. The van der Waals surface area contributed by atoms with E-state index in [1.807, 2.05) is 30.3 Å². The van der Waals surface area contributed by atoms with E-state index in [4.69, 9.17) is 0 Å². The van der Waals surface area contributed by atoms with E-state index in [1.165, 1.54) is 36.0 Å². The lowest BCUT2D eigenvalue weighted by atomic mass is 10.2. The fourth-order valence-electron chi connectivity index (χ4n) is 2.88. The van der Waals surface area contributed by atoms with Gasteiger partial charge in [-0.05, 0) is 17.7 Å². The maximum Gasteiger partial charge on any atom is 0.269 e. The minimum Gasteiger partial charge on any atom is -0.267 e. The van der Waals surface area contributed by atoms with Crippen LogP contribution in [0.5, 0.6) is 0 Å². The third-order valence-electron chi connectivity index (χ3n) is 4.33. The van der Waals surface area contributed by atoms with Crippen LogP contribution in [0.4, 0.5) is 14.5 Å². The van der Waals surface area contributed by atoms with Gasteiger partial charge in [0.15, 0.2) is 11.0 Å². The molecule has 1 aromatic heterocycles. The molecule has 0 aliphatic heterocycles. The van der Waals surface area contributed by atoms with Crippen molar-refractivity contribution in [3.63, 3.8) is 0 Å². The van der Waals surface area contributed by atoms with E-state index in [0.29, 0.717) is 16.7 Å². The topological polar surface area (TPSA) is 73.8 Å². The van der Waals surface area contributed by atoms with Crippen molar-refractivity contribution in [1.82, 2.24) is 14.8 Å². The van der Waals surface area contributed by atoms with Gasteiger partial charge >= 0.3 is 0 Å². The van der Waals surface area contributed by atoms with Crippen molar-refractivity contribution < 1.29 is 13.7 Å². The number of hydrogen-bond donors (Lipinski definition) is 0. The summed E-state index contributed by atoms with van der Waals surface area (Å²) >= 11 is 1.30. The highest BCUT2D eigenvalue weighted by molar-refractivity contribution is 7.98. The molecule has 30 heavy (non-hydrogen) atoms. The molecule has 0 saturated carbocycles. The first-order valence-electron chi connectivity index (χ1n) is 8.85. The number of aromatic nitrogens is 3. The van der Waals surface area contributed by atoms with Crippen molar-refractivity contribution in [2.45, 2.75) is 10.9 Å². The molecule has 0 saturated heterocycles. The normalized spacial score (nSPS) is 10.9.